The van der Waals surface area contributed by atoms with Crippen LogP contribution in [0.15, 0.2) is 42.6 Å². The number of fused-ring (bicyclic) bond motifs is 1. The minimum absolute atomic E-state index is 0.456. The topological polar surface area (TPSA) is 62.7 Å². The van der Waals surface area contributed by atoms with Gasteiger partial charge in [-0.15, -0.1) is 5.10 Å². The molecular formula is C25H32N3O4+. The van der Waals surface area contributed by atoms with E-state index in [9.17, 15) is 0 Å². The zero-order valence-corrected chi connectivity index (χ0v) is 19.2. The summed E-state index contributed by atoms with van der Waals surface area (Å²) in [7, 11) is 5.01. The molecule has 0 N–H and O–H groups in total. The van der Waals surface area contributed by atoms with Gasteiger partial charge in [0.15, 0.2) is 17.2 Å². The fraction of sp³-hybridized carbons (Fsp3) is 0.440. The van der Waals surface area contributed by atoms with Gasteiger partial charge in [-0.05, 0) is 49.6 Å². The van der Waals surface area contributed by atoms with E-state index in [1.165, 1.54) is 30.5 Å². The molecule has 1 saturated heterocycles. The highest BCUT2D eigenvalue weighted by Gasteiger charge is 2.35. The van der Waals surface area contributed by atoms with E-state index in [1.54, 1.807) is 21.3 Å². The summed E-state index contributed by atoms with van der Waals surface area (Å²) in [6, 6.07) is 12.4. The van der Waals surface area contributed by atoms with Crippen LogP contribution in [-0.4, -0.2) is 57.8 Å². The molecule has 0 atom stereocenters. The van der Waals surface area contributed by atoms with Crippen LogP contribution < -0.4 is 18.7 Å². The van der Waals surface area contributed by atoms with Crippen molar-refractivity contribution < 1.29 is 18.9 Å². The first-order chi connectivity index (χ1) is 15.7. The van der Waals surface area contributed by atoms with Crippen LogP contribution in [0.5, 0.6) is 17.2 Å². The van der Waals surface area contributed by atoms with Crippen molar-refractivity contribution in [1.82, 2.24) is 14.7 Å². The summed E-state index contributed by atoms with van der Waals surface area (Å²) < 4.78 is 22.9. The fourth-order valence-corrected chi connectivity index (χ4v) is 4.62. The number of piperidine rings is 1. The third-order valence-corrected chi connectivity index (χ3v) is 6.28. The Morgan fingerprint density at radius 2 is 1.66 bits per heavy atom. The van der Waals surface area contributed by atoms with E-state index in [-0.39, 0.29) is 0 Å². The number of methoxy groups -OCH3 is 3. The molecule has 7 nitrogen and oxygen atoms in total. The molecule has 4 rings (SSSR count). The minimum Gasteiger partial charge on any atom is -0.497 e. The predicted molar refractivity (Wildman–Crippen MR) is 126 cm³/mol. The number of hydrogen-bond donors (Lipinski definition) is 0. The van der Waals surface area contributed by atoms with Crippen molar-refractivity contribution in [3.8, 4) is 17.2 Å². The maximum atomic E-state index is 5.98. The molecule has 3 aromatic rings. The van der Waals surface area contributed by atoms with Crippen LogP contribution in [0.1, 0.15) is 24.8 Å². The van der Waals surface area contributed by atoms with E-state index in [2.05, 4.69) is 28.4 Å². The van der Waals surface area contributed by atoms with Gasteiger partial charge in [0.1, 0.15) is 30.6 Å². The first-order valence-corrected chi connectivity index (χ1v) is 11.1. The molecule has 2 aromatic carbocycles. The molecule has 0 spiro atoms. The number of benzene rings is 2. The molecule has 0 amide bonds. The average molecular weight is 439 g/mol. The third-order valence-electron chi connectivity index (χ3n) is 6.28. The lowest BCUT2D eigenvalue weighted by molar-refractivity contribution is 0.144. The molecule has 1 aliphatic rings. The average Bonchev–Trinajstić information content (AvgIpc) is 2.84. The SMILES string of the molecule is COCCOc1cc2c([N+]3(Cc4ccc(OC)cc4)CCCCC3)cnnc2cc1OC. The highest BCUT2D eigenvalue weighted by Crippen LogP contribution is 2.40. The molecule has 7 heteroatoms. The van der Waals surface area contributed by atoms with Crippen LogP contribution in [0.25, 0.3) is 10.9 Å². The summed E-state index contributed by atoms with van der Waals surface area (Å²) >= 11 is 0. The van der Waals surface area contributed by atoms with E-state index in [0.29, 0.717) is 24.7 Å². The quantitative estimate of drug-likeness (QED) is 0.365. The number of hydrogen-bond acceptors (Lipinski definition) is 6. The van der Waals surface area contributed by atoms with Gasteiger partial charge >= 0.3 is 0 Å². The van der Waals surface area contributed by atoms with E-state index >= 15 is 0 Å². The molecule has 1 aliphatic heterocycles. The molecule has 0 aliphatic carbocycles. The largest absolute Gasteiger partial charge is 0.497 e. The molecule has 0 saturated carbocycles. The number of rotatable bonds is 9. The maximum absolute atomic E-state index is 5.98. The summed E-state index contributed by atoms with van der Waals surface area (Å²) in [5, 5.41) is 9.85. The first kappa shape index (κ1) is 22.3. The van der Waals surface area contributed by atoms with Gasteiger partial charge in [0.2, 0.25) is 0 Å². The van der Waals surface area contributed by atoms with Crippen LogP contribution in [0.2, 0.25) is 0 Å². The first-order valence-electron chi connectivity index (χ1n) is 11.1. The lowest BCUT2D eigenvalue weighted by Gasteiger charge is -2.41. The van der Waals surface area contributed by atoms with E-state index in [1.807, 2.05) is 24.4 Å². The lowest BCUT2D eigenvalue weighted by Crippen LogP contribution is -2.52. The molecule has 170 valence electrons. The smallest absolute Gasteiger partial charge is 0.163 e. The fourth-order valence-electron chi connectivity index (χ4n) is 4.62. The summed E-state index contributed by atoms with van der Waals surface area (Å²) in [5.74, 6) is 2.23. The lowest BCUT2D eigenvalue weighted by atomic mass is 10.0. The van der Waals surface area contributed by atoms with Gasteiger partial charge in [-0.2, -0.15) is 5.10 Å². The van der Waals surface area contributed by atoms with Gasteiger partial charge in [0, 0.05) is 18.7 Å². The summed E-state index contributed by atoms with van der Waals surface area (Å²) in [6.45, 7) is 4.01. The van der Waals surface area contributed by atoms with Crippen molar-refractivity contribution in [3.63, 3.8) is 0 Å². The second-order valence-corrected chi connectivity index (χ2v) is 8.25. The summed E-state index contributed by atoms with van der Waals surface area (Å²) in [4.78, 5) is 0. The second-order valence-electron chi connectivity index (χ2n) is 8.25. The Morgan fingerprint density at radius 3 is 2.34 bits per heavy atom. The van der Waals surface area contributed by atoms with Crippen LogP contribution in [0, 0.1) is 0 Å². The van der Waals surface area contributed by atoms with Gasteiger partial charge in [-0.25, -0.2) is 0 Å². The number of quaternary nitrogens is 1. The highest BCUT2D eigenvalue weighted by atomic mass is 16.5. The molecule has 2 heterocycles. The third kappa shape index (κ3) is 4.64. The maximum Gasteiger partial charge on any atom is 0.163 e. The Bertz CT molecular complexity index is 1030. The van der Waals surface area contributed by atoms with E-state index < -0.39 is 0 Å². The van der Waals surface area contributed by atoms with Crippen molar-refractivity contribution in [2.45, 2.75) is 25.8 Å². The Balaban J connectivity index is 1.78. The normalized spacial score (nSPS) is 15.5. The van der Waals surface area contributed by atoms with Crippen molar-refractivity contribution in [1.29, 1.82) is 0 Å². The number of ether oxygens (including phenoxy) is 4. The number of nitrogens with zero attached hydrogens (tertiary/aromatic N) is 3. The van der Waals surface area contributed by atoms with Crippen LogP contribution >= 0.6 is 0 Å². The Hall–Kier alpha value is -2.90. The standard InChI is InChI=1S/C25H32N3O4/c1-29-13-14-32-25-15-21-22(16-24(25)31-3)27-26-17-23(21)28(11-5-4-6-12-28)18-19-7-9-20(30-2)10-8-19/h7-10,15-17H,4-6,11-14,18H2,1-3H3/q+1. The van der Waals surface area contributed by atoms with Crippen LogP contribution in [0.4, 0.5) is 5.69 Å². The van der Waals surface area contributed by atoms with Gasteiger partial charge < -0.3 is 18.9 Å². The van der Waals surface area contributed by atoms with Crippen molar-refractivity contribution in [2.75, 3.05) is 47.6 Å². The van der Waals surface area contributed by atoms with Crippen LogP contribution in [0.3, 0.4) is 0 Å². The second kappa shape index (κ2) is 10.1. The summed E-state index contributed by atoms with van der Waals surface area (Å²) in [6.07, 6.45) is 5.57. The van der Waals surface area contributed by atoms with Gasteiger partial charge in [-0.3, -0.25) is 4.48 Å². The Kier molecular flexibility index (Phi) is 7.07. The van der Waals surface area contributed by atoms with Gasteiger partial charge in [0.05, 0.1) is 39.3 Å². The predicted octanol–water partition coefficient (Wildman–Crippen LogP) is 4.36. The zero-order valence-electron chi connectivity index (χ0n) is 19.2. The van der Waals surface area contributed by atoms with Crippen LogP contribution in [-0.2, 0) is 11.3 Å². The van der Waals surface area contributed by atoms with Crippen molar-refractivity contribution in [3.05, 3.63) is 48.2 Å². The molecular weight excluding hydrogens is 406 g/mol. The zero-order chi connectivity index (χ0) is 22.4. The molecule has 0 bridgehead atoms. The number of aromatic nitrogens is 2. The number of likely N-dealkylation sites (tertiary alicyclic amines) is 1. The Morgan fingerprint density at radius 1 is 0.875 bits per heavy atom. The van der Waals surface area contributed by atoms with E-state index in [4.69, 9.17) is 18.9 Å². The molecule has 1 fully saturated rings. The molecule has 0 radical (unpaired) electrons. The monoisotopic (exact) mass is 438 g/mol. The van der Waals surface area contributed by atoms with Crippen molar-refractivity contribution >= 4 is 16.6 Å². The molecule has 0 unspecified atom stereocenters. The minimum atomic E-state index is 0.456. The van der Waals surface area contributed by atoms with Crippen molar-refractivity contribution in [2.24, 2.45) is 0 Å². The highest BCUT2D eigenvalue weighted by molar-refractivity contribution is 5.92. The van der Waals surface area contributed by atoms with Gasteiger partial charge in [-0.1, -0.05) is 0 Å². The molecule has 32 heavy (non-hydrogen) atoms. The summed E-state index contributed by atoms with van der Waals surface area (Å²) in [5.41, 5.74) is 3.28. The molecule has 1 aromatic heterocycles. The Labute approximate surface area is 189 Å². The van der Waals surface area contributed by atoms with Gasteiger partial charge in [0.25, 0.3) is 0 Å². The van der Waals surface area contributed by atoms with E-state index in [0.717, 1.165) is 40.8 Å².